The fourth-order valence-corrected chi connectivity index (χ4v) is 4.34. The first-order valence-electron chi connectivity index (χ1n) is 9.57. The van der Waals surface area contributed by atoms with Gasteiger partial charge < -0.3 is 10.6 Å². The van der Waals surface area contributed by atoms with Crippen molar-refractivity contribution in [2.75, 3.05) is 26.2 Å². The summed E-state index contributed by atoms with van der Waals surface area (Å²) >= 11 is 0. The molecular formula is C21H27N3O4S. The molecule has 0 saturated heterocycles. The van der Waals surface area contributed by atoms with Crippen LogP contribution in [0.5, 0.6) is 0 Å². The van der Waals surface area contributed by atoms with E-state index >= 15 is 0 Å². The molecule has 0 aliphatic rings. The lowest BCUT2D eigenvalue weighted by Gasteiger charge is -2.18. The van der Waals surface area contributed by atoms with Crippen LogP contribution in [0.3, 0.4) is 0 Å². The summed E-state index contributed by atoms with van der Waals surface area (Å²) in [5, 5.41) is 5.44. The molecular weight excluding hydrogens is 390 g/mol. The summed E-state index contributed by atoms with van der Waals surface area (Å²) in [5.74, 6) is -0.517. The fourth-order valence-electron chi connectivity index (χ4n) is 2.83. The Kier molecular flexibility index (Phi) is 8.35. The second-order valence-electron chi connectivity index (χ2n) is 6.39. The summed E-state index contributed by atoms with van der Waals surface area (Å²) in [5.41, 5.74) is 1.18. The van der Waals surface area contributed by atoms with Crippen molar-refractivity contribution in [3.05, 3.63) is 65.7 Å². The highest BCUT2D eigenvalue weighted by atomic mass is 32.2. The Morgan fingerprint density at radius 3 is 2.21 bits per heavy atom. The third-order valence-electron chi connectivity index (χ3n) is 4.38. The fraction of sp³-hybridized carbons (Fsp3) is 0.333. The zero-order valence-corrected chi connectivity index (χ0v) is 17.5. The number of carbonyl (C=O) groups excluding carboxylic acids is 2. The normalized spacial score (nSPS) is 11.3. The number of hydrogen-bond donors (Lipinski definition) is 2. The standard InChI is InChI=1S/C21H27N3O4S/c1-3-24(4-2)29(27,28)19-12-8-11-18(16-19)21(26)23-14-13-22-20(25)15-17-9-6-5-7-10-17/h5-12,16H,3-4,13-15H2,1-2H3,(H,22,25)(H,23,26). The summed E-state index contributed by atoms with van der Waals surface area (Å²) in [6.07, 6.45) is 0.278. The van der Waals surface area contributed by atoms with Gasteiger partial charge in [-0.2, -0.15) is 4.31 Å². The molecule has 8 heteroatoms. The van der Waals surface area contributed by atoms with E-state index in [4.69, 9.17) is 0 Å². The van der Waals surface area contributed by atoms with Crippen molar-refractivity contribution < 1.29 is 18.0 Å². The van der Waals surface area contributed by atoms with Crippen molar-refractivity contribution in [1.29, 1.82) is 0 Å². The minimum Gasteiger partial charge on any atom is -0.354 e. The highest BCUT2D eigenvalue weighted by Gasteiger charge is 2.22. The number of amides is 2. The zero-order chi connectivity index (χ0) is 21.3. The zero-order valence-electron chi connectivity index (χ0n) is 16.7. The number of carbonyl (C=O) groups is 2. The minimum atomic E-state index is -3.63. The predicted molar refractivity (Wildman–Crippen MR) is 112 cm³/mol. The predicted octanol–water partition coefficient (Wildman–Crippen LogP) is 1.81. The van der Waals surface area contributed by atoms with Gasteiger partial charge in [0.2, 0.25) is 15.9 Å². The molecule has 2 amide bonds. The van der Waals surface area contributed by atoms with Gasteiger partial charge in [0.15, 0.2) is 0 Å². The van der Waals surface area contributed by atoms with Crippen LogP contribution in [0.4, 0.5) is 0 Å². The molecule has 0 unspecified atom stereocenters. The van der Waals surface area contributed by atoms with Crippen molar-refractivity contribution in [3.8, 4) is 0 Å². The van der Waals surface area contributed by atoms with Crippen molar-refractivity contribution in [2.24, 2.45) is 0 Å². The molecule has 2 rings (SSSR count). The van der Waals surface area contributed by atoms with Gasteiger partial charge in [0.05, 0.1) is 11.3 Å². The Hall–Kier alpha value is -2.71. The molecule has 0 aromatic heterocycles. The number of hydrogen-bond acceptors (Lipinski definition) is 4. The van der Waals surface area contributed by atoms with Crippen LogP contribution in [0.2, 0.25) is 0 Å². The Labute approximate surface area is 172 Å². The van der Waals surface area contributed by atoms with Gasteiger partial charge in [-0.1, -0.05) is 50.2 Å². The maximum Gasteiger partial charge on any atom is 0.251 e. The lowest BCUT2D eigenvalue weighted by molar-refractivity contribution is -0.120. The minimum absolute atomic E-state index is 0.0880. The van der Waals surface area contributed by atoms with E-state index in [9.17, 15) is 18.0 Å². The molecule has 0 aliphatic heterocycles. The van der Waals surface area contributed by atoms with E-state index in [1.807, 2.05) is 30.3 Å². The van der Waals surface area contributed by atoms with Crippen LogP contribution >= 0.6 is 0 Å². The van der Waals surface area contributed by atoms with Crippen molar-refractivity contribution in [2.45, 2.75) is 25.2 Å². The third kappa shape index (κ3) is 6.40. The molecule has 7 nitrogen and oxygen atoms in total. The lowest BCUT2D eigenvalue weighted by atomic mass is 10.1. The maximum atomic E-state index is 12.6. The molecule has 0 bridgehead atoms. The number of sulfonamides is 1. The van der Waals surface area contributed by atoms with Crippen LogP contribution < -0.4 is 10.6 Å². The first kappa shape index (κ1) is 22.6. The van der Waals surface area contributed by atoms with Crippen LogP contribution in [-0.2, 0) is 21.2 Å². The molecule has 2 aromatic carbocycles. The van der Waals surface area contributed by atoms with Crippen molar-refractivity contribution in [3.63, 3.8) is 0 Å². The van der Waals surface area contributed by atoms with Gasteiger partial charge in [-0.05, 0) is 23.8 Å². The summed E-state index contributed by atoms with van der Waals surface area (Å²) in [7, 11) is -3.63. The summed E-state index contributed by atoms with van der Waals surface area (Å²) in [6.45, 7) is 4.78. The van der Waals surface area contributed by atoms with Crippen LogP contribution in [0.15, 0.2) is 59.5 Å². The Morgan fingerprint density at radius 2 is 1.55 bits per heavy atom. The van der Waals surface area contributed by atoms with Crippen LogP contribution in [0.25, 0.3) is 0 Å². The number of nitrogens with zero attached hydrogens (tertiary/aromatic N) is 1. The molecule has 2 aromatic rings. The summed E-state index contributed by atoms with van der Waals surface area (Å²) in [4.78, 5) is 24.3. The van der Waals surface area contributed by atoms with Gasteiger partial charge >= 0.3 is 0 Å². The average Bonchev–Trinajstić information content (AvgIpc) is 2.72. The third-order valence-corrected chi connectivity index (χ3v) is 6.43. The highest BCUT2D eigenvalue weighted by Crippen LogP contribution is 2.16. The van der Waals surface area contributed by atoms with Crippen LogP contribution in [-0.4, -0.2) is 50.7 Å². The lowest BCUT2D eigenvalue weighted by Crippen LogP contribution is -2.35. The monoisotopic (exact) mass is 417 g/mol. The van der Waals surface area contributed by atoms with Crippen LogP contribution in [0, 0.1) is 0 Å². The van der Waals surface area contributed by atoms with Gasteiger partial charge in [0.25, 0.3) is 5.91 Å². The second-order valence-corrected chi connectivity index (χ2v) is 8.32. The highest BCUT2D eigenvalue weighted by molar-refractivity contribution is 7.89. The summed E-state index contributed by atoms with van der Waals surface area (Å²) in [6, 6.07) is 15.3. The Balaban J connectivity index is 1.87. The number of benzene rings is 2. The smallest absolute Gasteiger partial charge is 0.251 e. The molecule has 0 radical (unpaired) electrons. The Bertz CT molecular complexity index is 926. The molecule has 0 aliphatic carbocycles. The van der Waals surface area contributed by atoms with Crippen molar-refractivity contribution in [1.82, 2.24) is 14.9 Å². The molecule has 2 N–H and O–H groups in total. The van der Waals surface area contributed by atoms with E-state index in [1.165, 1.54) is 16.4 Å². The number of rotatable bonds is 10. The van der Waals surface area contributed by atoms with Gasteiger partial charge in [0, 0.05) is 31.7 Å². The van der Waals surface area contributed by atoms with Crippen molar-refractivity contribution >= 4 is 21.8 Å². The van der Waals surface area contributed by atoms with Gasteiger partial charge in [-0.15, -0.1) is 0 Å². The SMILES string of the molecule is CCN(CC)S(=O)(=O)c1cccc(C(=O)NCCNC(=O)Cc2ccccc2)c1. The Morgan fingerprint density at radius 1 is 0.897 bits per heavy atom. The first-order chi connectivity index (χ1) is 13.9. The quantitative estimate of drug-likeness (QED) is 0.576. The summed E-state index contributed by atoms with van der Waals surface area (Å²) < 4.78 is 26.5. The number of nitrogens with one attached hydrogen (secondary N) is 2. The van der Waals surface area contributed by atoms with Gasteiger partial charge in [-0.3, -0.25) is 9.59 Å². The molecule has 0 atom stereocenters. The second kappa shape index (κ2) is 10.7. The van der Waals surface area contributed by atoms with Gasteiger partial charge in [0.1, 0.15) is 0 Å². The molecule has 29 heavy (non-hydrogen) atoms. The molecule has 0 saturated carbocycles. The van der Waals surface area contributed by atoms with E-state index in [2.05, 4.69) is 10.6 Å². The topological polar surface area (TPSA) is 95.6 Å². The average molecular weight is 418 g/mol. The first-order valence-corrected chi connectivity index (χ1v) is 11.0. The van der Waals surface area contributed by atoms with E-state index in [0.717, 1.165) is 5.56 Å². The van der Waals surface area contributed by atoms with Crippen LogP contribution in [0.1, 0.15) is 29.8 Å². The van der Waals surface area contributed by atoms with Gasteiger partial charge in [-0.25, -0.2) is 8.42 Å². The largest absolute Gasteiger partial charge is 0.354 e. The molecule has 0 spiro atoms. The van der Waals surface area contributed by atoms with E-state index in [1.54, 1.807) is 26.0 Å². The molecule has 0 fully saturated rings. The maximum absolute atomic E-state index is 12.6. The van der Waals surface area contributed by atoms with E-state index in [0.29, 0.717) is 13.1 Å². The van der Waals surface area contributed by atoms with E-state index in [-0.39, 0.29) is 41.8 Å². The molecule has 156 valence electrons. The molecule has 0 heterocycles. The van der Waals surface area contributed by atoms with E-state index < -0.39 is 10.0 Å².